The van der Waals surface area contributed by atoms with Crippen molar-refractivity contribution in [3.63, 3.8) is 0 Å². The second-order valence-corrected chi connectivity index (χ2v) is 4.57. The highest BCUT2D eigenvalue weighted by atomic mass is 19.3. The smallest absolute Gasteiger partial charge is 0.320 e. The van der Waals surface area contributed by atoms with Crippen molar-refractivity contribution in [1.82, 2.24) is 10.2 Å². The Kier molecular flexibility index (Phi) is 4.95. The fourth-order valence-corrected chi connectivity index (χ4v) is 1.97. The van der Waals surface area contributed by atoms with Crippen LogP contribution >= 0.6 is 0 Å². The molecule has 0 aliphatic carbocycles. The Morgan fingerprint density at radius 2 is 2.06 bits per heavy atom. The van der Waals surface area contributed by atoms with Gasteiger partial charge in [0, 0.05) is 0 Å². The van der Waals surface area contributed by atoms with E-state index in [1.165, 1.54) is 6.92 Å². The molecule has 7 heteroatoms. The molecular formula is C11H18F4N2O. The Labute approximate surface area is 104 Å². The van der Waals surface area contributed by atoms with Gasteiger partial charge in [-0.3, -0.25) is 10.1 Å². The van der Waals surface area contributed by atoms with Crippen LogP contribution in [-0.4, -0.2) is 41.9 Å². The van der Waals surface area contributed by atoms with Crippen LogP contribution in [-0.2, 0) is 4.79 Å². The van der Waals surface area contributed by atoms with Crippen molar-refractivity contribution in [2.75, 3.05) is 6.54 Å². The lowest BCUT2D eigenvalue weighted by atomic mass is 10.1. The number of nitrogens with one attached hydrogen (secondary N) is 1. The van der Waals surface area contributed by atoms with Crippen molar-refractivity contribution in [3.8, 4) is 0 Å². The van der Waals surface area contributed by atoms with Gasteiger partial charge in [-0.05, 0) is 13.3 Å². The van der Waals surface area contributed by atoms with E-state index in [0.29, 0.717) is 6.42 Å². The van der Waals surface area contributed by atoms with Gasteiger partial charge < -0.3 is 4.90 Å². The van der Waals surface area contributed by atoms with Crippen LogP contribution in [0.25, 0.3) is 0 Å². The van der Waals surface area contributed by atoms with E-state index in [1.54, 1.807) is 0 Å². The summed E-state index contributed by atoms with van der Waals surface area (Å²) >= 11 is 0. The van der Waals surface area contributed by atoms with Gasteiger partial charge >= 0.3 is 12.3 Å². The predicted octanol–water partition coefficient (Wildman–Crippen LogP) is 2.22. The minimum Gasteiger partial charge on any atom is -0.320 e. The van der Waals surface area contributed by atoms with Crippen molar-refractivity contribution in [1.29, 1.82) is 0 Å². The molecule has 2 atom stereocenters. The minimum atomic E-state index is -4.16. The van der Waals surface area contributed by atoms with E-state index in [-0.39, 0.29) is 0 Å². The molecule has 106 valence electrons. The van der Waals surface area contributed by atoms with Crippen molar-refractivity contribution in [3.05, 3.63) is 0 Å². The molecule has 18 heavy (non-hydrogen) atoms. The average Bonchev–Trinajstić information content (AvgIpc) is 2.53. The van der Waals surface area contributed by atoms with Gasteiger partial charge in [0.2, 0.25) is 5.91 Å². The van der Waals surface area contributed by atoms with Crippen LogP contribution in [0.3, 0.4) is 0 Å². The van der Waals surface area contributed by atoms with Crippen molar-refractivity contribution in [2.24, 2.45) is 0 Å². The van der Waals surface area contributed by atoms with E-state index in [9.17, 15) is 22.4 Å². The molecule has 0 bridgehead atoms. The van der Waals surface area contributed by atoms with Gasteiger partial charge in [0.25, 0.3) is 0 Å². The molecule has 1 rings (SSSR count). The number of nitrogens with zero attached hydrogens (tertiary/aromatic N) is 1. The first-order valence-corrected chi connectivity index (χ1v) is 6.02. The molecule has 1 saturated heterocycles. The van der Waals surface area contributed by atoms with Crippen LogP contribution in [0.2, 0.25) is 0 Å². The predicted molar refractivity (Wildman–Crippen MR) is 58.6 cm³/mol. The number of hydrogen-bond acceptors (Lipinski definition) is 2. The lowest BCUT2D eigenvalue weighted by Crippen LogP contribution is -2.46. The average molecular weight is 270 g/mol. The molecule has 1 amide bonds. The molecule has 0 aromatic carbocycles. The summed E-state index contributed by atoms with van der Waals surface area (Å²) in [7, 11) is 0. The summed E-state index contributed by atoms with van der Waals surface area (Å²) in [5, 5.41) is 2.85. The molecule has 0 aromatic heterocycles. The Balaban J connectivity index is 2.64. The zero-order valence-corrected chi connectivity index (χ0v) is 10.4. The number of amides is 1. The first-order valence-electron chi connectivity index (χ1n) is 6.02. The molecule has 1 N–H and O–H groups in total. The maximum absolute atomic E-state index is 13.0. The number of halogens is 4. The molecule has 1 heterocycles. The number of carbonyl (C=O) groups is 1. The summed E-state index contributed by atoms with van der Waals surface area (Å²) in [6.45, 7) is 2.23. The van der Waals surface area contributed by atoms with Crippen LogP contribution < -0.4 is 5.32 Å². The third kappa shape index (κ3) is 3.34. The SMILES string of the molecule is CCCCC1NC(C)N(CC(F)(F)C(F)F)C1=O. The van der Waals surface area contributed by atoms with E-state index in [2.05, 4.69) is 5.32 Å². The third-order valence-corrected chi connectivity index (χ3v) is 3.04. The van der Waals surface area contributed by atoms with Crippen LogP contribution in [0.1, 0.15) is 33.1 Å². The van der Waals surface area contributed by atoms with Gasteiger partial charge in [-0.1, -0.05) is 19.8 Å². The molecule has 0 aromatic rings. The largest absolute Gasteiger partial charge is 0.324 e. The van der Waals surface area contributed by atoms with Crippen LogP contribution in [0.5, 0.6) is 0 Å². The maximum atomic E-state index is 13.0. The Bertz CT molecular complexity index is 299. The van der Waals surface area contributed by atoms with E-state index in [1.807, 2.05) is 6.92 Å². The zero-order valence-electron chi connectivity index (χ0n) is 10.4. The molecule has 1 aliphatic rings. The standard InChI is InChI=1S/C11H18F4N2O/c1-3-4-5-8-9(18)17(7(2)16-8)6-11(14,15)10(12)13/h7-8,10,16H,3-6H2,1-2H3. The Morgan fingerprint density at radius 1 is 1.44 bits per heavy atom. The summed E-state index contributed by atoms with van der Waals surface area (Å²) in [5.41, 5.74) is 0. The van der Waals surface area contributed by atoms with Gasteiger partial charge in [0.15, 0.2) is 0 Å². The van der Waals surface area contributed by atoms with Crippen molar-refractivity contribution >= 4 is 5.91 Å². The topological polar surface area (TPSA) is 32.3 Å². The Morgan fingerprint density at radius 3 is 2.56 bits per heavy atom. The van der Waals surface area contributed by atoms with Gasteiger partial charge in [-0.25, -0.2) is 8.78 Å². The van der Waals surface area contributed by atoms with E-state index in [0.717, 1.165) is 17.7 Å². The number of hydrogen-bond donors (Lipinski definition) is 1. The van der Waals surface area contributed by atoms with E-state index < -0.39 is 37.0 Å². The highest BCUT2D eigenvalue weighted by Crippen LogP contribution is 2.27. The van der Waals surface area contributed by atoms with E-state index in [4.69, 9.17) is 0 Å². The quantitative estimate of drug-likeness (QED) is 0.751. The molecule has 3 nitrogen and oxygen atoms in total. The molecule has 0 radical (unpaired) electrons. The van der Waals surface area contributed by atoms with Crippen LogP contribution in [0.4, 0.5) is 17.6 Å². The monoisotopic (exact) mass is 270 g/mol. The maximum Gasteiger partial charge on any atom is 0.324 e. The fourth-order valence-electron chi connectivity index (χ4n) is 1.97. The normalized spacial score (nSPS) is 25.3. The van der Waals surface area contributed by atoms with E-state index >= 15 is 0 Å². The lowest BCUT2D eigenvalue weighted by molar-refractivity contribution is -0.156. The van der Waals surface area contributed by atoms with Gasteiger partial charge in [0.05, 0.1) is 18.8 Å². The van der Waals surface area contributed by atoms with Gasteiger partial charge in [0.1, 0.15) is 0 Å². The first kappa shape index (κ1) is 15.2. The second kappa shape index (κ2) is 5.86. The van der Waals surface area contributed by atoms with Gasteiger partial charge in [-0.15, -0.1) is 0 Å². The molecular weight excluding hydrogens is 252 g/mol. The minimum absolute atomic E-state index is 0.517. The second-order valence-electron chi connectivity index (χ2n) is 4.57. The summed E-state index contributed by atoms with van der Waals surface area (Å²) in [5.74, 6) is -4.68. The summed E-state index contributed by atoms with van der Waals surface area (Å²) in [6.07, 6.45) is -2.19. The summed E-state index contributed by atoms with van der Waals surface area (Å²) in [6, 6.07) is -0.534. The summed E-state index contributed by atoms with van der Waals surface area (Å²) in [4.78, 5) is 12.6. The third-order valence-electron chi connectivity index (χ3n) is 3.04. The first-order chi connectivity index (χ1) is 8.29. The zero-order chi connectivity index (χ0) is 13.9. The number of carbonyl (C=O) groups excluding carboxylic acids is 1. The molecule has 1 aliphatic heterocycles. The molecule has 0 saturated carbocycles. The van der Waals surface area contributed by atoms with Crippen LogP contribution in [0.15, 0.2) is 0 Å². The lowest BCUT2D eigenvalue weighted by Gasteiger charge is -2.25. The van der Waals surface area contributed by atoms with Crippen molar-refractivity contribution < 1.29 is 22.4 Å². The number of unbranched alkanes of at least 4 members (excludes halogenated alkanes) is 1. The fraction of sp³-hybridized carbons (Fsp3) is 0.909. The highest BCUT2D eigenvalue weighted by Gasteiger charge is 2.47. The summed E-state index contributed by atoms with van der Waals surface area (Å²) < 4.78 is 50.1. The molecule has 0 spiro atoms. The molecule has 1 fully saturated rings. The molecule has 2 unspecified atom stereocenters. The van der Waals surface area contributed by atoms with Crippen molar-refractivity contribution in [2.45, 2.75) is 57.7 Å². The van der Waals surface area contributed by atoms with Gasteiger partial charge in [-0.2, -0.15) is 8.78 Å². The number of alkyl halides is 4. The van der Waals surface area contributed by atoms with Crippen LogP contribution in [0, 0.1) is 0 Å². The Hall–Kier alpha value is -0.850. The number of rotatable bonds is 6. The highest BCUT2D eigenvalue weighted by molar-refractivity contribution is 5.84.